The van der Waals surface area contributed by atoms with Crippen LogP contribution in [0.15, 0.2) is 34.9 Å². The Morgan fingerprint density at radius 2 is 2.08 bits per heavy atom. The quantitative estimate of drug-likeness (QED) is 0.770. The summed E-state index contributed by atoms with van der Waals surface area (Å²) in [7, 11) is 0. The third-order valence-electron chi connectivity index (χ3n) is 4.46. The molecule has 0 unspecified atom stereocenters. The molecular weight excluding hydrogens is 320 g/mol. The van der Waals surface area contributed by atoms with Gasteiger partial charge in [0.05, 0.1) is 17.2 Å². The fourth-order valence-electron chi connectivity index (χ4n) is 3.29. The number of aliphatic hydroxyl groups excluding tert-OH is 1. The minimum atomic E-state index is -0.620. The van der Waals surface area contributed by atoms with Crippen molar-refractivity contribution in [2.45, 2.75) is 32.4 Å². The molecule has 3 heterocycles. The van der Waals surface area contributed by atoms with Gasteiger partial charge in [-0.05, 0) is 26.0 Å². The average molecular weight is 338 g/mol. The van der Waals surface area contributed by atoms with Gasteiger partial charge < -0.3 is 14.5 Å². The number of carbonyl (C=O) groups is 1. The predicted molar refractivity (Wildman–Crippen MR) is 89.9 cm³/mol. The second kappa shape index (κ2) is 5.93. The van der Waals surface area contributed by atoms with Gasteiger partial charge in [0.25, 0.3) is 5.91 Å². The van der Waals surface area contributed by atoms with E-state index in [1.807, 2.05) is 31.2 Å². The predicted octanol–water partition coefficient (Wildman–Crippen LogP) is 2.18. The smallest absolute Gasteiger partial charge is 0.256 e. The molecule has 1 N–H and O–H groups in total. The lowest BCUT2D eigenvalue weighted by Crippen LogP contribution is -2.32. The Labute approximate surface area is 144 Å². The van der Waals surface area contributed by atoms with E-state index >= 15 is 0 Å². The molecule has 128 valence electrons. The minimum absolute atomic E-state index is 0.193. The van der Waals surface area contributed by atoms with Gasteiger partial charge in [0.1, 0.15) is 6.04 Å². The lowest BCUT2D eigenvalue weighted by atomic mass is 10.1. The first kappa shape index (κ1) is 15.7. The molecular formula is C18H18N4O3. The lowest BCUT2D eigenvalue weighted by Gasteiger charge is -2.22. The molecule has 0 radical (unpaired) electrons. The first-order valence-electron chi connectivity index (χ1n) is 8.18. The van der Waals surface area contributed by atoms with Gasteiger partial charge in [0.2, 0.25) is 5.89 Å². The summed E-state index contributed by atoms with van der Waals surface area (Å²) in [5, 5.41) is 14.8. The number of aryl methyl sites for hydroxylation is 2. The van der Waals surface area contributed by atoms with E-state index in [1.54, 1.807) is 17.9 Å². The van der Waals surface area contributed by atoms with E-state index in [4.69, 9.17) is 4.52 Å². The highest BCUT2D eigenvalue weighted by Gasteiger charge is 2.39. The van der Waals surface area contributed by atoms with Crippen LogP contribution in [0.3, 0.4) is 0 Å². The molecule has 0 saturated carbocycles. The Balaban J connectivity index is 1.76. The van der Waals surface area contributed by atoms with E-state index in [9.17, 15) is 9.90 Å². The average Bonchev–Trinajstić information content (AvgIpc) is 3.19. The maximum Gasteiger partial charge on any atom is 0.256 e. The molecule has 25 heavy (non-hydrogen) atoms. The highest BCUT2D eigenvalue weighted by atomic mass is 16.5. The van der Waals surface area contributed by atoms with E-state index in [2.05, 4.69) is 15.1 Å². The van der Waals surface area contributed by atoms with Crippen molar-refractivity contribution in [2.75, 3.05) is 6.54 Å². The van der Waals surface area contributed by atoms with E-state index in [0.29, 0.717) is 29.2 Å². The van der Waals surface area contributed by atoms with Crippen molar-refractivity contribution in [1.29, 1.82) is 0 Å². The fourth-order valence-corrected chi connectivity index (χ4v) is 3.29. The first-order valence-corrected chi connectivity index (χ1v) is 8.18. The Hall–Kier alpha value is -2.80. The van der Waals surface area contributed by atoms with Crippen LogP contribution in [0, 0.1) is 13.8 Å². The van der Waals surface area contributed by atoms with Gasteiger partial charge in [-0.15, -0.1) is 0 Å². The van der Waals surface area contributed by atoms with Gasteiger partial charge in [-0.2, -0.15) is 4.98 Å². The zero-order valence-electron chi connectivity index (χ0n) is 14.0. The van der Waals surface area contributed by atoms with Crippen molar-refractivity contribution in [2.24, 2.45) is 0 Å². The van der Waals surface area contributed by atoms with Crippen LogP contribution in [0.4, 0.5) is 0 Å². The number of fused-ring (bicyclic) bond motifs is 1. The number of nitrogens with zero attached hydrogens (tertiary/aromatic N) is 4. The Morgan fingerprint density at radius 1 is 1.24 bits per heavy atom. The summed E-state index contributed by atoms with van der Waals surface area (Å²) in [6, 6.07) is 8.97. The second-order valence-corrected chi connectivity index (χ2v) is 6.37. The molecule has 2 atom stereocenters. The van der Waals surface area contributed by atoms with Gasteiger partial charge >= 0.3 is 0 Å². The molecule has 7 heteroatoms. The zero-order valence-corrected chi connectivity index (χ0v) is 14.0. The molecule has 0 spiro atoms. The molecule has 4 rings (SSSR count). The Bertz CT molecular complexity index is 952. The molecule has 1 aliphatic rings. The molecule has 0 bridgehead atoms. The van der Waals surface area contributed by atoms with Crippen LogP contribution in [0.1, 0.15) is 40.2 Å². The molecule has 1 aromatic carbocycles. The van der Waals surface area contributed by atoms with Crippen LogP contribution in [0.5, 0.6) is 0 Å². The summed E-state index contributed by atoms with van der Waals surface area (Å²) >= 11 is 0. The number of hydrogen-bond donors (Lipinski definition) is 1. The number of pyridine rings is 1. The SMILES string of the molecule is Cc1ccc2cccc(C(=O)N3C[C@H](O)C[C@@H]3c3nc(C)no3)c2n1. The number of rotatable bonds is 2. The monoisotopic (exact) mass is 338 g/mol. The van der Waals surface area contributed by atoms with E-state index in [0.717, 1.165) is 11.1 Å². The maximum absolute atomic E-state index is 13.2. The molecule has 7 nitrogen and oxygen atoms in total. The number of aliphatic hydroxyl groups is 1. The van der Waals surface area contributed by atoms with Crippen LogP contribution >= 0.6 is 0 Å². The van der Waals surface area contributed by atoms with Crippen LogP contribution in [-0.4, -0.2) is 43.7 Å². The van der Waals surface area contributed by atoms with Crippen molar-refractivity contribution in [1.82, 2.24) is 20.0 Å². The van der Waals surface area contributed by atoms with E-state index in [1.165, 1.54) is 0 Å². The number of β-amino-alcohol motifs (C(OH)–C–C–N with tert-alkyl or cyclic N) is 1. The van der Waals surface area contributed by atoms with Crippen LogP contribution in [0.25, 0.3) is 10.9 Å². The number of amides is 1. The zero-order chi connectivity index (χ0) is 17.6. The van der Waals surface area contributed by atoms with Crippen molar-refractivity contribution in [3.8, 4) is 0 Å². The van der Waals surface area contributed by atoms with Gasteiger partial charge in [0.15, 0.2) is 5.82 Å². The summed E-state index contributed by atoms with van der Waals surface area (Å²) in [4.78, 5) is 23.5. The fraction of sp³-hybridized carbons (Fsp3) is 0.333. The maximum atomic E-state index is 13.2. The van der Waals surface area contributed by atoms with E-state index in [-0.39, 0.29) is 12.5 Å². The highest BCUT2D eigenvalue weighted by molar-refractivity contribution is 6.05. The first-order chi connectivity index (χ1) is 12.0. The van der Waals surface area contributed by atoms with Crippen molar-refractivity contribution >= 4 is 16.8 Å². The Kier molecular flexibility index (Phi) is 3.73. The molecule has 1 aliphatic heterocycles. The molecule has 3 aromatic rings. The van der Waals surface area contributed by atoms with Gasteiger partial charge in [-0.1, -0.05) is 23.4 Å². The summed E-state index contributed by atoms with van der Waals surface area (Å²) in [6.45, 7) is 3.85. The third kappa shape index (κ3) is 2.76. The van der Waals surface area contributed by atoms with Crippen LogP contribution in [-0.2, 0) is 0 Å². The van der Waals surface area contributed by atoms with Crippen molar-refractivity contribution in [3.05, 3.63) is 53.3 Å². The largest absolute Gasteiger partial charge is 0.391 e. The standard InChI is InChI=1S/C18H18N4O3/c1-10-6-7-12-4-3-5-14(16(12)19-10)18(24)22-9-13(23)8-15(22)17-20-11(2)21-25-17/h3-7,13,15,23H,8-9H2,1-2H3/t13-,15-/m1/s1. The molecule has 1 saturated heterocycles. The second-order valence-electron chi connectivity index (χ2n) is 6.37. The molecule has 1 amide bonds. The van der Waals surface area contributed by atoms with Crippen LogP contribution < -0.4 is 0 Å². The normalized spacial score (nSPS) is 20.4. The van der Waals surface area contributed by atoms with E-state index < -0.39 is 12.1 Å². The molecule has 2 aromatic heterocycles. The van der Waals surface area contributed by atoms with Gasteiger partial charge in [-0.3, -0.25) is 9.78 Å². The summed E-state index contributed by atoms with van der Waals surface area (Å²) in [5.74, 6) is 0.666. The number of aromatic nitrogens is 3. The minimum Gasteiger partial charge on any atom is -0.391 e. The number of carbonyl (C=O) groups excluding carboxylic acids is 1. The Morgan fingerprint density at radius 3 is 2.84 bits per heavy atom. The van der Waals surface area contributed by atoms with Crippen molar-refractivity contribution in [3.63, 3.8) is 0 Å². The number of para-hydroxylation sites is 1. The summed E-state index contributed by atoms with van der Waals surface area (Å²) in [5.41, 5.74) is 2.02. The number of likely N-dealkylation sites (tertiary alicyclic amines) is 1. The van der Waals surface area contributed by atoms with Gasteiger partial charge in [0, 0.05) is 24.0 Å². The summed E-state index contributed by atoms with van der Waals surface area (Å²) in [6.07, 6.45) is -0.240. The molecule has 0 aliphatic carbocycles. The topological polar surface area (TPSA) is 92.4 Å². The summed E-state index contributed by atoms with van der Waals surface area (Å²) < 4.78 is 5.24. The van der Waals surface area contributed by atoms with Gasteiger partial charge in [-0.25, -0.2) is 0 Å². The number of benzene rings is 1. The van der Waals surface area contributed by atoms with Crippen molar-refractivity contribution < 1.29 is 14.4 Å². The highest BCUT2D eigenvalue weighted by Crippen LogP contribution is 2.33. The lowest BCUT2D eigenvalue weighted by molar-refractivity contribution is 0.0695. The van der Waals surface area contributed by atoms with Crippen LogP contribution in [0.2, 0.25) is 0 Å². The number of hydrogen-bond acceptors (Lipinski definition) is 6. The third-order valence-corrected chi connectivity index (χ3v) is 4.46. The molecule has 1 fully saturated rings.